The van der Waals surface area contributed by atoms with E-state index >= 15 is 0 Å². The maximum atomic E-state index is 6.06. The maximum Gasteiger partial charge on any atom is 0.194 e. The highest BCUT2D eigenvalue weighted by atomic mass is 127. The van der Waals surface area contributed by atoms with Gasteiger partial charge >= 0.3 is 0 Å². The summed E-state index contributed by atoms with van der Waals surface area (Å²) in [6.45, 7) is 12.5. The number of hydrogen-bond acceptors (Lipinski definition) is 4. The summed E-state index contributed by atoms with van der Waals surface area (Å²) in [4.78, 5) is 13.1. The molecule has 0 amide bonds. The zero-order chi connectivity index (χ0) is 19.2. The van der Waals surface area contributed by atoms with Crippen molar-refractivity contribution in [1.29, 1.82) is 0 Å². The Labute approximate surface area is 189 Å². The molecule has 1 N–H and O–H groups in total. The lowest BCUT2D eigenvalue weighted by molar-refractivity contribution is -0.00832. The molecule has 2 aromatic rings. The second-order valence-corrected chi connectivity index (χ2v) is 8.18. The van der Waals surface area contributed by atoms with Gasteiger partial charge < -0.3 is 15.0 Å². The number of halogens is 1. The van der Waals surface area contributed by atoms with Crippen LogP contribution in [-0.2, 0) is 11.2 Å². The number of morpholine rings is 1. The monoisotopic (exact) mass is 514 g/mol. The number of aryl methyl sites for hydroxylation is 3. The molecule has 0 bridgehead atoms. The molecule has 28 heavy (non-hydrogen) atoms. The van der Waals surface area contributed by atoms with Gasteiger partial charge in [-0.3, -0.25) is 4.99 Å². The van der Waals surface area contributed by atoms with Gasteiger partial charge in [0.15, 0.2) is 5.96 Å². The molecule has 1 aliphatic rings. The van der Waals surface area contributed by atoms with E-state index in [1.165, 1.54) is 16.0 Å². The smallest absolute Gasteiger partial charge is 0.194 e. The van der Waals surface area contributed by atoms with Crippen LogP contribution in [0, 0.1) is 20.8 Å². The Morgan fingerprint density at radius 2 is 2.11 bits per heavy atom. The molecule has 1 unspecified atom stereocenters. The molecule has 154 valence electrons. The summed E-state index contributed by atoms with van der Waals surface area (Å²) in [6.07, 6.45) is 1.04. The summed E-state index contributed by atoms with van der Waals surface area (Å²) in [6, 6.07) is 8.48. The van der Waals surface area contributed by atoms with E-state index in [0.717, 1.165) is 55.9 Å². The van der Waals surface area contributed by atoms with Gasteiger partial charge in [0, 0.05) is 30.9 Å². The van der Waals surface area contributed by atoms with Crippen molar-refractivity contribution >= 4 is 41.3 Å². The largest absolute Gasteiger partial charge is 0.370 e. The predicted molar refractivity (Wildman–Crippen MR) is 128 cm³/mol. The number of aliphatic imine (C=N–C) groups is 1. The quantitative estimate of drug-likeness (QED) is 0.368. The van der Waals surface area contributed by atoms with Crippen molar-refractivity contribution < 1.29 is 4.74 Å². The third kappa shape index (κ3) is 5.90. The fourth-order valence-corrected chi connectivity index (χ4v) is 4.40. The Morgan fingerprint density at radius 1 is 1.32 bits per heavy atom. The van der Waals surface area contributed by atoms with Crippen LogP contribution in [0.3, 0.4) is 0 Å². The molecule has 1 aromatic carbocycles. The van der Waals surface area contributed by atoms with Gasteiger partial charge in [-0.2, -0.15) is 0 Å². The molecule has 2 heterocycles. The predicted octanol–water partition coefficient (Wildman–Crippen LogP) is 4.27. The number of hydrogen-bond donors (Lipinski definition) is 1. The molecule has 0 radical (unpaired) electrons. The SMILES string of the molecule is CCNC(=NCCc1sc(C)nc1C)N1CCOC(c2ccccc2C)C1.I. The van der Waals surface area contributed by atoms with E-state index in [-0.39, 0.29) is 30.1 Å². The zero-order valence-corrected chi connectivity index (χ0v) is 20.3. The first kappa shape index (κ1) is 23.1. The van der Waals surface area contributed by atoms with Crippen molar-refractivity contribution in [3.8, 4) is 0 Å². The van der Waals surface area contributed by atoms with Crippen LogP contribution >= 0.6 is 35.3 Å². The molecular formula is C21H31IN4OS. The van der Waals surface area contributed by atoms with E-state index in [9.17, 15) is 0 Å². The van der Waals surface area contributed by atoms with Gasteiger partial charge in [0.1, 0.15) is 6.10 Å². The second-order valence-electron chi connectivity index (χ2n) is 6.89. The van der Waals surface area contributed by atoms with Gasteiger partial charge in [0.25, 0.3) is 0 Å². The van der Waals surface area contributed by atoms with E-state index in [4.69, 9.17) is 9.73 Å². The van der Waals surface area contributed by atoms with Crippen molar-refractivity contribution in [2.45, 2.75) is 40.2 Å². The van der Waals surface area contributed by atoms with Crippen molar-refractivity contribution in [3.05, 3.63) is 51.0 Å². The standard InChI is InChI=1S/C21H30N4OS.HI/c1-5-22-21(23-11-10-20-16(3)24-17(4)27-20)25-12-13-26-19(14-25)18-9-7-6-8-15(18)2;/h6-9,19H,5,10-14H2,1-4H3,(H,22,23);1H. The van der Waals surface area contributed by atoms with Gasteiger partial charge in [-0.25, -0.2) is 4.98 Å². The average Bonchev–Trinajstić information content (AvgIpc) is 2.99. The van der Waals surface area contributed by atoms with Gasteiger partial charge in [0.05, 0.1) is 23.9 Å². The lowest BCUT2D eigenvalue weighted by Gasteiger charge is -2.35. The normalized spacial score (nSPS) is 17.4. The van der Waals surface area contributed by atoms with E-state index in [1.54, 1.807) is 11.3 Å². The molecule has 1 fully saturated rings. The highest BCUT2D eigenvalue weighted by Gasteiger charge is 2.25. The van der Waals surface area contributed by atoms with E-state index < -0.39 is 0 Å². The molecule has 1 aromatic heterocycles. The number of benzene rings is 1. The number of guanidine groups is 1. The molecule has 7 heteroatoms. The van der Waals surface area contributed by atoms with Crippen LogP contribution in [0.5, 0.6) is 0 Å². The molecule has 0 saturated carbocycles. The summed E-state index contributed by atoms with van der Waals surface area (Å²) in [5, 5.41) is 4.59. The summed E-state index contributed by atoms with van der Waals surface area (Å²) < 4.78 is 6.06. The first-order chi connectivity index (χ1) is 13.1. The molecule has 5 nitrogen and oxygen atoms in total. The summed E-state index contributed by atoms with van der Waals surface area (Å²) in [5.41, 5.74) is 3.69. The molecule has 1 atom stereocenters. The Hall–Kier alpha value is -1.19. The van der Waals surface area contributed by atoms with E-state index in [0.29, 0.717) is 0 Å². The van der Waals surface area contributed by atoms with Crippen LogP contribution in [0.2, 0.25) is 0 Å². The Bertz CT molecular complexity index is 792. The number of nitrogens with zero attached hydrogens (tertiary/aromatic N) is 3. The average molecular weight is 514 g/mol. The van der Waals surface area contributed by atoms with Gasteiger partial charge in [0.2, 0.25) is 0 Å². The number of ether oxygens (including phenoxy) is 1. The summed E-state index contributed by atoms with van der Waals surface area (Å²) in [5.74, 6) is 0.985. The topological polar surface area (TPSA) is 49.8 Å². The van der Waals surface area contributed by atoms with Crippen LogP contribution in [0.1, 0.15) is 39.7 Å². The Balaban J connectivity index is 0.00000280. The van der Waals surface area contributed by atoms with Crippen LogP contribution in [0.4, 0.5) is 0 Å². The van der Waals surface area contributed by atoms with Crippen LogP contribution in [0.15, 0.2) is 29.3 Å². The van der Waals surface area contributed by atoms with Crippen molar-refractivity contribution in [2.24, 2.45) is 4.99 Å². The summed E-state index contributed by atoms with van der Waals surface area (Å²) in [7, 11) is 0. The number of aromatic nitrogens is 1. The van der Waals surface area contributed by atoms with Gasteiger partial charge in [-0.1, -0.05) is 24.3 Å². The van der Waals surface area contributed by atoms with Crippen LogP contribution in [0.25, 0.3) is 0 Å². The molecule has 0 spiro atoms. The molecule has 1 aliphatic heterocycles. The summed E-state index contributed by atoms with van der Waals surface area (Å²) >= 11 is 1.78. The fourth-order valence-electron chi connectivity index (χ4n) is 3.47. The van der Waals surface area contributed by atoms with E-state index in [1.807, 2.05) is 0 Å². The highest BCUT2D eigenvalue weighted by Crippen LogP contribution is 2.25. The van der Waals surface area contributed by atoms with Crippen molar-refractivity contribution in [1.82, 2.24) is 15.2 Å². The molecule has 3 rings (SSSR count). The lowest BCUT2D eigenvalue weighted by atomic mass is 10.0. The number of thiazole rings is 1. The Morgan fingerprint density at radius 3 is 2.79 bits per heavy atom. The molecular weight excluding hydrogens is 483 g/mol. The first-order valence-corrected chi connectivity index (χ1v) is 10.5. The number of nitrogens with one attached hydrogen (secondary N) is 1. The molecule has 1 saturated heterocycles. The minimum Gasteiger partial charge on any atom is -0.370 e. The van der Waals surface area contributed by atoms with E-state index in [2.05, 4.69) is 67.2 Å². The molecule has 0 aliphatic carbocycles. The highest BCUT2D eigenvalue weighted by molar-refractivity contribution is 14.0. The minimum atomic E-state index is 0. The lowest BCUT2D eigenvalue weighted by Crippen LogP contribution is -2.48. The van der Waals surface area contributed by atoms with Crippen LogP contribution < -0.4 is 5.32 Å². The van der Waals surface area contributed by atoms with Gasteiger partial charge in [-0.15, -0.1) is 35.3 Å². The third-order valence-corrected chi connectivity index (χ3v) is 5.97. The third-order valence-electron chi connectivity index (χ3n) is 4.84. The fraction of sp³-hybridized carbons (Fsp3) is 0.524. The van der Waals surface area contributed by atoms with Crippen molar-refractivity contribution in [2.75, 3.05) is 32.8 Å². The Kier molecular flexibility index (Phi) is 9.17. The minimum absolute atomic E-state index is 0. The van der Waals surface area contributed by atoms with Crippen LogP contribution in [-0.4, -0.2) is 48.6 Å². The van der Waals surface area contributed by atoms with Crippen molar-refractivity contribution in [3.63, 3.8) is 0 Å². The first-order valence-electron chi connectivity index (χ1n) is 9.71. The maximum absolute atomic E-state index is 6.06. The van der Waals surface area contributed by atoms with Gasteiger partial charge in [-0.05, 0) is 38.8 Å². The second kappa shape index (κ2) is 11.1. The zero-order valence-electron chi connectivity index (χ0n) is 17.2. The number of rotatable bonds is 5.